The number of aryl methyl sites for hydroxylation is 1. The van der Waals surface area contributed by atoms with Gasteiger partial charge in [-0.15, -0.1) is 0 Å². The van der Waals surface area contributed by atoms with E-state index in [0.717, 1.165) is 11.1 Å². The molecule has 0 unspecified atom stereocenters. The zero-order valence-electron chi connectivity index (χ0n) is 25.9. The highest BCUT2D eigenvalue weighted by Crippen LogP contribution is 2.45. The molecule has 2 aromatic carbocycles. The summed E-state index contributed by atoms with van der Waals surface area (Å²) in [4.78, 5) is 39.0. The van der Waals surface area contributed by atoms with Gasteiger partial charge in [0, 0.05) is 24.3 Å². The molecule has 248 valence electrons. The van der Waals surface area contributed by atoms with Gasteiger partial charge in [0.15, 0.2) is 20.7 Å². The number of hydrogen-bond acceptors (Lipinski definition) is 10. The molecule has 0 radical (unpaired) electrons. The van der Waals surface area contributed by atoms with Crippen LogP contribution in [-0.4, -0.2) is 111 Å². The molecular formula is C32H46N2O10Si. The molecule has 0 bridgehead atoms. The summed E-state index contributed by atoms with van der Waals surface area (Å²) >= 11 is 0. The number of benzene rings is 2. The van der Waals surface area contributed by atoms with Gasteiger partial charge in [-0.25, -0.2) is 0 Å². The predicted molar refractivity (Wildman–Crippen MR) is 167 cm³/mol. The number of ether oxygens (including phenoxy) is 2. The molecular weight excluding hydrogens is 600 g/mol. The Hall–Kier alpha value is -2.72. The molecule has 2 aromatic rings. The number of nitrogens with zero attached hydrogens (tertiary/aromatic N) is 1. The lowest BCUT2D eigenvalue weighted by molar-refractivity contribution is -0.274. The molecule has 2 amide bonds. The first-order valence-electron chi connectivity index (χ1n) is 15.4. The van der Waals surface area contributed by atoms with Crippen molar-refractivity contribution >= 4 is 25.8 Å². The molecule has 7 N–H and O–H groups in total. The lowest BCUT2D eigenvalue weighted by atomic mass is 9.95. The van der Waals surface area contributed by atoms with Gasteiger partial charge in [-0.3, -0.25) is 9.59 Å². The normalized spacial score (nSPS) is 30.2. The van der Waals surface area contributed by atoms with Crippen molar-refractivity contribution in [2.75, 3.05) is 18.5 Å². The summed E-state index contributed by atoms with van der Waals surface area (Å²) in [7, 11) is -2.73. The fourth-order valence-electron chi connectivity index (χ4n) is 6.53. The van der Waals surface area contributed by atoms with Crippen LogP contribution in [0.15, 0.2) is 54.6 Å². The van der Waals surface area contributed by atoms with Crippen molar-refractivity contribution in [1.29, 1.82) is 0 Å². The predicted octanol–water partition coefficient (Wildman–Crippen LogP) is 0.740. The van der Waals surface area contributed by atoms with Crippen LogP contribution in [-0.2, 0) is 32.0 Å². The molecule has 12 nitrogen and oxygen atoms in total. The van der Waals surface area contributed by atoms with E-state index >= 15 is 0 Å². The smallest absolute Gasteiger partial charge is 0.256 e. The van der Waals surface area contributed by atoms with E-state index in [1.807, 2.05) is 56.4 Å². The maximum absolute atomic E-state index is 13.4. The van der Waals surface area contributed by atoms with Crippen molar-refractivity contribution < 1.29 is 49.4 Å². The molecule has 4 rings (SSSR count). The van der Waals surface area contributed by atoms with Crippen molar-refractivity contribution in [3.8, 4) is 0 Å². The Bertz CT molecular complexity index is 1280. The van der Waals surface area contributed by atoms with Crippen molar-refractivity contribution in [2.24, 2.45) is 5.92 Å². The number of nitrogens with one attached hydrogen (secondary N) is 1. The third-order valence-electron chi connectivity index (χ3n) is 8.79. The van der Waals surface area contributed by atoms with Gasteiger partial charge in [-0.1, -0.05) is 49.4 Å². The molecule has 2 aliphatic rings. The second-order valence-corrected chi connectivity index (χ2v) is 16.6. The van der Waals surface area contributed by atoms with Gasteiger partial charge >= 0.3 is 0 Å². The minimum absolute atomic E-state index is 0.00379. The minimum atomic E-state index is -2.73. The summed E-state index contributed by atoms with van der Waals surface area (Å²) in [5, 5.41) is 51.7. The zero-order valence-corrected chi connectivity index (χ0v) is 26.9. The average molecular weight is 647 g/mol. The quantitative estimate of drug-likeness (QED) is 0.162. The van der Waals surface area contributed by atoms with Gasteiger partial charge in [0.1, 0.15) is 18.3 Å². The number of anilines is 1. The molecule has 0 spiro atoms. The van der Waals surface area contributed by atoms with Crippen LogP contribution < -0.4 is 5.32 Å². The van der Waals surface area contributed by atoms with Gasteiger partial charge in [0.2, 0.25) is 5.91 Å². The molecule has 2 saturated heterocycles. The highest BCUT2D eigenvalue weighted by atomic mass is 28.4. The number of rotatable bonds is 12. The van der Waals surface area contributed by atoms with Crippen molar-refractivity contribution in [1.82, 2.24) is 4.90 Å². The van der Waals surface area contributed by atoms with E-state index in [0.29, 0.717) is 25.1 Å². The Labute approximate surface area is 264 Å². The number of carbonyl (C=O) groups excluding carboxylic acids is 2. The maximum atomic E-state index is 13.4. The van der Waals surface area contributed by atoms with Crippen LogP contribution in [0.25, 0.3) is 0 Å². The van der Waals surface area contributed by atoms with Crippen LogP contribution >= 0.6 is 0 Å². The number of aliphatic hydroxyl groups is 5. The first kappa shape index (κ1) is 35.1. The van der Waals surface area contributed by atoms with Crippen molar-refractivity contribution in [3.63, 3.8) is 0 Å². The fraction of sp³-hybridized carbons (Fsp3) is 0.562. The lowest BCUT2D eigenvalue weighted by Gasteiger charge is -2.37. The van der Waals surface area contributed by atoms with E-state index < -0.39 is 51.0 Å². The minimum Gasteiger partial charge on any atom is -0.432 e. The molecule has 13 heteroatoms. The van der Waals surface area contributed by atoms with E-state index in [1.54, 1.807) is 23.1 Å². The standard InChI is InChI=1S/C32H46N2O10Si/c1-19-23(13-12-20-10-7-11-22(16-20)33-31(40)29-27(38)26(37)28(39)32(41)44-29)43-24(30(19)45(2,3)42)17-25(36)34(14-15-35)18-21-8-5-4-6-9-21/h4-11,16,19,23-24,26-30,32,35,37-39,41-42H,12-15,17-18H2,1-3H3,(H,33,40)/t19-,23+,24-,26+,27+,28-,29+,30+,32-/m1/s1. The van der Waals surface area contributed by atoms with E-state index in [1.165, 1.54) is 0 Å². The molecule has 2 aliphatic heterocycles. The summed E-state index contributed by atoms with van der Waals surface area (Å²) < 4.78 is 11.5. The molecule has 0 saturated carbocycles. The Morgan fingerprint density at radius 1 is 0.911 bits per heavy atom. The zero-order chi connectivity index (χ0) is 32.9. The summed E-state index contributed by atoms with van der Waals surface area (Å²) in [5.74, 6) is -0.930. The molecule has 0 aliphatic carbocycles. The van der Waals surface area contributed by atoms with Gasteiger partial charge < -0.3 is 50.0 Å². The highest BCUT2D eigenvalue weighted by molar-refractivity contribution is 6.71. The second-order valence-electron chi connectivity index (χ2n) is 12.6. The van der Waals surface area contributed by atoms with Crippen LogP contribution in [0.1, 0.15) is 30.9 Å². The van der Waals surface area contributed by atoms with Crippen LogP contribution in [0, 0.1) is 5.92 Å². The molecule has 2 heterocycles. The van der Waals surface area contributed by atoms with Gasteiger partial charge in [-0.05, 0) is 55.1 Å². The Morgan fingerprint density at radius 3 is 2.27 bits per heavy atom. The van der Waals surface area contributed by atoms with Crippen molar-refractivity contribution in [3.05, 3.63) is 65.7 Å². The van der Waals surface area contributed by atoms with E-state index in [9.17, 15) is 39.9 Å². The van der Waals surface area contributed by atoms with Crippen molar-refractivity contribution in [2.45, 2.75) is 94.3 Å². The summed E-state index contributed by atoms with van der Waals surface area (Å²) in [5.41, 5.74) is 2.09. The summed E-state index contributed by atoms with van der Waals surface area (Å²) in [6.45, 7) is 6.19. The number of carbonyl (C=O) groups is 2. The van der Waals surface area contributed by atoms with Crippen LogP contribution in [0.4, 0.5) is 5.69 Å². The molecule has 45 heavy (non-hydrogen) atoms. The molecule has 0 aromatic heterocycles. The van der Waals surface area contributed by atoms with E-state index in [-0.39, 0.29) is 43.0 Å². The number of aliphatic hydroxyl groups excluding tert-OH is 5. The number of hydrogen-bond donors (Lipinski definition) is 7. The molecule has 9 atom stereocenters. The maximum Gasteiger partial charge on any atom is 0.256 e. The highest BCUT2D eigenvalue weighted by Gasteiger charge is 2.50. The second kappa shape index (κ2) is 15.2. The average Bonchev–Trinajstić information content (AvgIpc) is 3.31. The SMILES string of the molecule is C[C@H]1[C@H]([Si](C)(C)O)[C@@H](CC(=O)N(CCO)Cc2ccccc2)O[C@H]1CCc1cccc(NC(=O)[C@H]2O[C@@H](O)[C@H](O)[C@@H](O)[C@@H]2O)c1. The Balaban J connectivity index is 1.39. The topological polar surface area (TPSA) is 189 Å². The third-order valence-corrected chi connectivity index (χ3v) is 11.3. The first-order chi connectivity index (χ1) is 21.3. The number of amides is 2. The van der Waals surface area contributed by atoms with Gasteiger partial charge in [0.25, 0.3) is 5.91 Å². The monoisotopic (exact) mass is 646 g/mol. The van der Waals surface area contributed by atoms with Crippen LogP contribution in [0.2, 0.25) is 18.6 Å². The largest absolute Gasteiger partial charge is 0.432 e. The van der Waals surface area contributed by atoms with E-state index in [4.69, 9.17) is 9.47 Å². The first-order valence-corrected chi connectivity index (χ1v) is 18.4. The van der Waals surface area contributed by atoms with Gasteiger partial charge in [0.05, 0.1) is 25.2 Å². The summed E-state index contributed by atoms with van der Waals surface area (Å²) in [6.07, 6.45) is -8.01. The van der Waals surface area contributed by atoms with Gasteiger partial charge in [-0.2, -0.15) is 0 Å². The lowest BCUT2D eigenvalue weighted by Crippen LogP contribution is -2.60. The Kier molecular flexibility index (Phi) is 11.9. The van der Waals surface area contributed by atoms with Crippen LogP contribution in [0.3, 0.4) is 0 Å². The van der Waals surface area contributed by atoms with E-state index in [2.05, 4.69) is 5.32 Å². The van der Waals surface area contributed by atoms with Crippen LogP contribution in [0.5, 0.6) is 0 Å². The Morgan fingerprint density at radius 2 is 1.60 bits per heavy atom. The molecule has 2 fully saturated rings. The third kappa shape index (κ3) is 8.76. The fourth-order valence-corrected chi connectivity index (χ4v) is 9.14. The summed E-state index contributed by atoms with van der Waals surface area (Å²) in [6, 6.07) is 16.6.